The van der Waals surface area contributed by atoms with Crippen molar-refractivity contribution in [2.75, 3.05) is 7.05 Å². The predicted octanol–water partition coefficient (Wildman–Crippen LogP) is 1.88. The zero-order valence-electron chi connectivity index (χ0n) is 8.13. The molecule has 0 saturated heterocycles. The zero-order valence-corrected chi connectivity index (χ0v) is 8.13. The summed E-state index contributed by atoms with van der Waals surface area (Å²) in [4.78, 5) is 1.97. The van der Waals surface area contributed by atoms with Crippen LogP contribution in [-0.4, -0.2) is 24.0 Å². The lowest BCUT2D eigenvalue weighted by atomic mass is 9.94. The van der Waals surface area contributed by atoms with Crippen LogP contribution in [0.3, 0.4) is 0 Å². The average molecular weight is 165 g/mol. The Labute approximate surface area is 73.5 Å². The smallest absolute Gasteiger partial charge is 0.137 e. The van der Waals surface area contributed by atoms with Gasteiger partial charge in [0.1, 0.15) is 5.84 Å². The summed E-state index contributed by atoms with van der Waals surface area (Å²) in [5, 5.41) is 7.96. The molecule has 0 aliphatic carbocycles. The van der Waals surface area contributed by atoms with Gasteiger partial charge in [0.25, 0.3) is 0 Å². The van der Waals surface area contributed by atoms with Crippen LogP contribution >= 0.6 is 0 Å². The summed E-state index contributed by atoms with van der Waals surface area (Å²) in [5.41, 5.74) is 0.907. The van der Waals surface area contributed by atoms with Crippen molar-refractivity contribution in [3.63, 3.8) is 0 Å². The molecule has 12 heavy (non-hydrogen) atoms. The van der Waals surface area contributed by atoms with Gasteiger partial charge >= 0.3 is 0 Å². The fraction of sp³-hybridized carbons (Fsp3) is 0.556. The van der Waals surface area contributed by atoms with Crippen molar-refractivity contribution in [2.24, 2.45) is 15.6 Å². The van der Waals surface area contributed by atoms with Gasteiger partial charge in [0, 0.05) is 12.5 Å². The van der Waals surface area contributed by atoms with Gasteiger partial charge in [0.15, 0.2) is 0 Å². The molecule has 1 heterocycles. The van der Waals surface area contributed by atoms with Crippen molar-refractivity contribution in [2.45, 2.75) is 20.8 Å². The van der Waals surface area contributed by atoms with E-state index in [9.17, 15) is 0 Å². The van der Waals surface area contributed by atoms with Crippen LogP contribution in [0.4, 0.5) is 0 Å². The van der Waals surface area contributed by atoms with Gasteiger partial charge < -0.3 is 4.90 Å². The largest absolute Gasteiger partial charge is 0.330 e. The fourth-order valence-corrected chi connectivity index (χ4v) is 1.09. The highest BCUT2D eigenvalue weighted by molar-refractivity contribution is 5.95. The summed E-state index contributed by atoms with van der Waals surface area (Å²) in [6.07, 6.45) is 1.66. The van der Waals surface area contributed by atoms with Gasteiger partial charge in [-0.2, -0.15) is 5.10 Å². The molecule has 0 N–H and O–H groups in total. The van der Waals surface area contributed by atoms with Crippen LogP contribution in [0.5, 0.6) is 0 Å². The molecule has 0 saturated carbocycles. The number of rotatable bonds is 0. The quantitative estimate of drug-likeness (QED) is 0.538. The Kier molecular flexibility index (Phi) is 2.04. The summed E-state index contributed by atoms with van der Waals surface area (Å²) >= 11 is 0. The summed E-state index contributed by atoms with van der Waals surface area (Å²) in [6.45, 7) is 10.2. The van der Waals surface area contributed by atoms with Crippen LogP contribution in [-0.2, 0) is 0 Å². The molecule has 0 amide bonds. The van der Waals surface area contributed by atoms with E-state index >= 15 is 0 Å². The lowest BCUT2D eigenvalue weighted by Crippen LogP contribution is -2.37. The van der Waals surface area contributed by atoms with Crippen molar-refractivity contribution >= 4 is 12.1 Å². The first-order valence-electron chi connectivity index (χ1n) is 3.97. The number of nitrogens with zero attached hydrogens (tertiary/aromatic N) is 3. The molecule has 0 aromatic rings. The Bertz CT molecular complexity index is 255. The van der Waals surface area contributed by atoms with E-state index in [2.05, 4.69) is 37.6 Å². The van der Waals surface area contributed by atoms with E-state index in [0.717, 1.165) is 11.5 Å². The maximum absolute atomic E-state index is 4.08. The molecule has 0 atom stereocenters. The SMILES string of the molecule is C=C1C=NN=C(C(C)(C)C)N1C. The molecule has 0 bridgehead atoms. The van der Waals surface area contributed by atoms with Crippen LogP contribution in [0.15, 0.2) is 22.5 Å². The number of hydrogen-bond donors (Lipinski definition) is 0. The van der Waals surface area contributed by atoms with Gasteiger partial charge in [-0.15, -0.1) is 5.10 Å². The Hall–Kier alpha value is -1.12. The fourth-order valence-electron chi connectivity index (χ4n) is 1.09. The number of hydrogen-bond acceptors (Lipinski definition) is 3. The Balaban J connectivity index is 2.98. The molecule has 1 rings (SSSR count). The van der Waals surface area contributed by atoms with E-state index in [0.29, 0.717) is 0 Å². The molecule has 0 unspecified atom stereocenters. The highest BCUT2D eigenvalue weighted by Crippen LogP contribution is 2.21. The first-order valence-corrected chi connectivity index (χ1v) is 3.97. The minimum Gasteiger partial charge on any atom is -0.330 e. The van der Waals surface area contributed by atoms with E-state index < -0.39 is 0 Å². The van der Waals surface area contributed by atoms with Gasteiger partial charge in [-0.1, -0.05) is 27.4 Å². The van der Waals surface area contributed by atoms with Gasteiger partial charge in [-0.05, 0) is 0 Å². The summed E-state index contributed by atoms with van der Waals surface area (Å²) < 4.78 is 0. The predicted molar refractivity (Wildman–Crippen MR) is 52.3 cm³/mol. The summed E-state index contributed by atoms with van der Waals surface area (Å²) in [5.74, 6) is 0.954. The van der Waals surface area contributed by atoms with Crippen LogP contribution in [0.1, 0.15) is 20.8 Å². The van der Waals surface area contributed by atoms with E-state index in [1.165, 1.54) is 0 Å². The highest BCUT2D eigenvalue weighted by Gasteiger charge is 2.25. The third-order valence-corrected chi connectivity index (χ3v) is 1.78. The Morgan fingerprint density at radius 2 is 2.00 bits per heavy atom. The third kappa shape index (κ3) is 1.55. The lowest BCUT2D eigenvalue weighted by Gasteiger charge is -2.31. The minimum absolute atomic E-state index is 0.0233. The molecule has 0 spiro atoms. The molecule has 1 aliphatic rings. The van der Waals surface area contributed by atoms with Gasteiger partial charge in [0.2, 0.25) is 0 Å². The minimum atomic E-state index is 0.0233. The molecule has 0 fully saturated rings. The molecular weight excluding hydrogens is 150 g/mol. The zero-order chi connectivity index (χ0) is 9.35. The first kappa shape index (κ1) is 8.97. The lowest BCUT2D eigenvalue weighted by molar-refractivity contribution is 0.490. The van der Waals surface area contributed by atoms with Gasteiger partial charge in [-0.25, -0.2) is 0 Å². The van der Waals surface area contributed by atoms with E-state index in [1.807, 2.05) is 11.9 Å². The van der Waals surface area contributed by atoms with Crippen LogP contribution in [0.25, 0.3) is 0 Å². The maximum Gasteiger partial charge on any atom is 0.137 e. The topological polar surface area (TPSA) is 28.0 Å². The van der Waals surface area contributed by atoms with E-state index in [-0.39, 0.29) is 5.41 Å². The first-order chi connectivity index (χ1) is 5.43. The van der Waals surface area contributed by atoms with Crippen LogP contribution < -0.4 is 0 Å². The molecule has 0 radical (unpaired) electrons. The van der Waals surface area contributed by atoms with Crippen LogP contribution in [0, 0.1) is 5.41 Å². The van der Waals surface area contributed by atoms with Crippen LogP contribution in [0.2, 0.25) is 0 Å². The number of amidine groups is 1. The monoisotopic (exact) mass is 165 g/mol. The summed E-state index contributed by atoms with van der Waals surface area (Å²) in [6, 6.07) is 0. The second-order valence-electron chi connectivity index (χ2n) is 3.97. The second kappa shape index (κ2) is 2.73. The average Bonchev–Trinajstić information content (AvgIpc) is 1.92. The molecule has 3 heteroatoms. The second-order valence-corrected chi connectivity index (χ2v) is 3.97. The van der Waals surface area contributed by atoms with Crippen molar-refractivity contribution in [3.05, 3.63) is 12.3 Å². The van der Waals surface area contributed by atoms with Crippen molar-refractivity contribution in [1.29, 1.82) is 0 Å². The van der Waals surface area contributed by atoms with Gasteiger partial charge in [-0.3, -0.25) is 0 Å². The molecular formula is C9H15N3. The van der Waals surface area contributed by atoms with Gasteiger partial charge in [0.05, 0.1) is 11.9 Å². The number of allylic oxidation sites excluding steroid dienone is 1. The van der Waals surface area contributed by atoms with Crippen molar-refractivity contribution < 1.29 is 0 Å². The van der Waals surface area contributed by atoms with Crippen molar-refractivity contribution in [3.8, 4) is 0 Å². The van der Waals surface area contributed by atoms with E-state index in [1.54, 1.807) is 6.21 Å². The maximum atomic E-state index is 4.08. The Morgan fingerprint density at radius 1 is 1.42 bits per heavy atom. The van der Waals surface area contributed by atoms with Crippen molar-refractivity contribution in [1.82, 2.24) is 4.90 Å². The third-order valence-electron chi connectivity index (χ3n) is 1.78. The highest BCUT2D eigenvalue weighted by atomic mass is 15.3. The standard InChI is InChI=1S/C9H15N3/c1-7-6-10-11-8(12(7)5)9(2,3)4/h6H,1H2,2-5H3. The molecule has 0 aromatic carbocycles. The Morgan fingerprint density at radius 3 is 2.42 bits per heavy atom. The molecule has 3 nitrogen and oxygen atoms in total. The molecule has 0 aromatic heterocycles. The normalized spacial score (nSPS) is 18.2. The van der Waals surface area contributed by atoms with E-state index in [4.69, 9.17) is 0 Å². The summed E-state index contributed by atoms with van der Waals surface area (Å²) in [7, 11) is 1.96. The molecule has 1 aliphatic heterocycles. The molecule has 66 valence electrons.